The normalized spacial score (nSPS) is 26.4. The zero-order valence-corrected chi connectivity index (χ0v) is 16.0. The quantitative estimate of drug-likeness (QED) is 0.867. The van der Waals surface area contributed by atoms with E-state index >= 15 is 0 Å². The molecule has 2 aliphatic heterocycles. The Morgan fingerprint density at radius 1 is 1.19 bits per heavy atom. The average molecular weight is 365 g/mol. The van der Waals surface area contributed by atoms with Crippen molar-refractivity contribution in [2.45, 2.75) is 44.7 Å². The van der Waals surface area contributed by atoms with Crippen molar-refractivity contribution in [1.82, 2.24) is 4.90 Å². The summed E-state index contributed by atoms with van der Waals surface area (Å²) >= 11 is 0. The number of carbonyl (C=O) groups is 1. The van der Waals surface area contributed by atoms with Gasteiger partial charge in [0, 0.05) is 28.6 Å². The Labute approximate surface area is 160 Å². The van der Waals surface area contributed by atoms with E-state index in [1.54, 1.807) is 7.11 Å². The van der Waals surface area contributed by atoms with Crippen LogP contribution in [0.25, 0.3) is 11.1 Å². The minimum Gasteiger partial charge on any atom is -0.496 e. The number of hydrogen-bond donors (Lipinski definition) is 1. The summed E-state index contributed by atoms with van der Waals surface area (Å²) in [4.78, 5) is 15.3. The van der Waals surface area contributed by atoms with Gasteiger partial charge in [-0.1, -0.05) is 37.3 Å². The molecular formula is C23H27NO3. The molecular weight excluding hydrogens is 338 g/mol. The monoisotopic (exact) mass is 365 g/mol. The standard InChI is InChI=1S/C23H27NO3/c1-3-23(15-25)14-18-12-13-21(23)24(18)22(26)17-10-8-16(9-11-17)19-6-4-5-7-20(19)27-2/h4-11,18,21,25H,3,12-15H2,1-2H3/t18-,21+,23-/m0/s1. The molecule has 0 spiro atoms. The van der Waals surface area contributed by atoms with Crippen LogP contribution in [0.15, 0.2) is 48.5 Å². The van der Waals surface area contributed by atoms with Crippen LogP contribution in [0, 0.1) is 5.41 Å². The number of carbonyl (C=O) groups excluding carboxylic acids is 1. The maximum absolute atomic E-state index is 13.2. The number of para-hydroxylation sites is 1. The van der Waals surface area contributed by atoms with Crippen LogP contribution in [0.4, 0.5) is 0 Å². The minimum absolute atomic E-state index is 0.0952. The zero-order chi connectivity index (χ0) is 19.0. The molecule has 4 nitrogen and oxygen atoms in total. The number of fused-ring (bicyclic) bond motifs is 2. The van der Waals surface area contributed by atoms with Crippen molar-refractivity contribution >= 4 is 5.91 Å². The van der Waals surface area contributed by atoms with Crippen LogP contribution in [0.3, 0.4) is 0 Å². The van der Waals surface area contributed by atoms with Gasteiger partial charge in [0.05, 0.1) is 13.7 Å². The van der Waals surface area contributed by atoms with Crippen LogP contribution in [0.2, 0.25) is 0 Å². The number of amides is 1. The van der Waals surface area contributed by atoms with E-state index in [1.165, 1.54) is 0 Å². The van der Waals surface area contributed by atoms with E-state index in [-0.39, 0.29) is 30.0 Å². The molecule has 0 saturated carbocycles. The van der Waals surface area contributed by atoms with Crippen LogP contribution < -0.4 is 4.74 Å². The molecule has 0 aliphatic carbocycles. The lowest BCUT2D eigenvalue weighted by molar-refractivity contribution is 0.0557. The summed E-state index contributed by atoms with van der Waals surface area (Å²) in [6.45, 7) is 2.29. The molecule has 0 aromatic heterocycles. The van der Waals surface area contributed by atoms with E-state index in [2.05, 4.69) is 11.8 Å². The molecule has 2 aromatic carbocycles. The summed E-state index contributed by atoms with van der Waals surface area (Å²) in [5, 5.41) is 9.97. The van der Waals surface area contributed by atoms with E-state index in [4.69, 9.17) is 4.74 Å². The molecule has 2 heterocycles. The van der Waals surface area contributed by atoms with Crippen molar-refractivity contribution in [1.29, 1.82) is 0 Å². The molecule has 4 heteroatoms. The number of benzene rings is 2. The smallest absolute Gasteiger partial charge is 0.254 e. The van der Waals surface area contributed by atoms with Crippen molar-refractivity contribution in [2.75, 3.05) is 13.7 Å². The van der Waals surface area contributed by atoms with Gasteiger partial charge in [-0.3, -0.25) is 4.79 Å². The molecule has 2 saturated heterocycles. The Morgan fingerprint density at radius 2 is 1.93 bits per heavy atom. The number of hydrogen-bond acceptors (Lipinski definition) is 3. The Morgan fingerprint density at radius 3 is 2.56 bits per heavy atom. The van der Waals surface area contributed by atoms with Gasteiger partial charge in [-0.25, -0.2) is 0 Å². The van der Waals surface area contributed by atoms with E-state index in [1.807, 2.05) is 48.5 Å². The molecule has 3 atom stereocenters. The second-order valence-corrected chi connectivity index (χ2v) is 7.82. The molecule has 142 valence electrons. The number of nitrogens with zero attached hydrogens (tertiary/aromatic N) is 1. The predicted octanol–water partition coefficient (Wildman–Crippen LogP) is 4.13. The summed E-state index contributed by atoms with van der Waals surface area (Å²) in [5.41, 5.74) is 2.66. The van der Waals surface area contributed by atoms with Crippen LogP contribution in [-0.2, 0) is 0 Å². The average Bonchev–Trinajstić information content (AvgIpc) is 3.29. The summed E-state index contributed by atoms with van der Waals surface area (Å²) in [6, 6.07) is 16.1. The first kappa shape index (κ1) is 18.1. The zero-order valence-electron chi connectivity index (χ0n) is 16.0. The second-order valence-electron chi connectivity index (χ2n) is 7.82. The van der Waals surface area contributed by atoms with Gasteiger partial charge >= 0.3 is 0 Å². The van der Waals surface area contributed by atoms with Crippen molar-refractivity contribution in [3.8, 4) is 16.9 Å². The van der Waals surface area contributed by atoms with Gasteiger partial charge in [0.1, 0.15) is 5.75 Å². The van der Waals surface area contributed by atoms with Crippen molar-refractivity contribution in [3.05, 3.63) is 54.1 Å². The van der Waals surface area contributed by atoms with Crippen LogP contribution in [0.5, 0.6) is 5.75 Å². The van der Waals surface area contributed by atoms with Gasteiger partial charge in [-0.15, -0.1) is 0 Å². The lowest BCUT2D eigenvalue weighted by Gasteiger charge is -2.34. The Bertz CT molecular complexity index is 826. The molecule has 2 aliphatic rings. The highest BCUT2D eigenvalue weighted by molar-refractivity contribution is 5.95. The van der Waals surface area contributed by atoms with Crippen LogP contribution in [0.1, 0.15) is 43.0 Å². The molecule has 2 bridgehead atoms. The number of rotatable bonds is 5. The summed E-state index contributed by atoms with van der Waals surface area (Å²) < 4.78 is 5.44. The van der Waals surface area contributed by atoms with Gasteiger partial charge in [-0.2, -0.15) is 0 Å². The first-order chi connectivity index (χ1) is 13.1. The van der Waals surface area contributed by atoms with E-state index in [0.717, 1.165) is 48.1 Å². The molecule has 2 aromatic rings. The Balaban J connectivity index is 1.59. The van der Waals surface area contributed by atoms with Crippen molar-refractivity contribution in [2.24, 2.45) is 5.41 Å². The van der Waals surface area contributed by atoms with E-state index in [0.29, 0.717) is 0 Å². The fourth-order valence-electron chi connectivity index (χ4n) is 5.08. The molecule has 1 N–H and O–H groups in total. The first-order valence-corrected chi connectivity index (χ1v) is 9.80. The third-order valence-corrected chi connectivity index (χ3v) is 6.65. The summed E-state index contributed by atoms with van der Waals surface area (Å²) in [7, 11) is 1.67. The molecule has 2 fully saturated rings. The molecule has 1 amide bonds. The lowest BCUT2D eigenvalue weighted by Crippen LogP contribution is -2.42. The predicted molar refractivity (Wildman–Crippen MR) is 106 cm³/mol. The minimum atomic E-state index is -0.115. The van der Waals surface area contributed by atoms with Gasteiger partial charge < -0.3 is 14.7 Å². The molecule has 4 rings (SSSR count). The van der Waals surface area contributed by atoms with E-state index in [9.17, 15) is 9.90 Å². The first-order valence-electron chi connectivity index (χ1n) is 9.80. The molecule has 0 radical (unpaired) electrons. The van der Waals surface area contributed by atoms with Crippen LogP contribution >= 0.6 is 0 Å². The lowest BCUT2D eigenvalue weighted by atomic mass is 9.72. The topological polar surface area (TPSA) is 49.8 Å². The van der Waals surface area contributed by atoms with E-state index < -0.39 is 0 Å². The largest absolute Gasteiger partial charge is 0.496 e. The highest BCUT2D eigenvalue weighted by Gasteiger charge is 2.56. The maximum atomic E-state index is 13.2. The SMILES string of the molecule is CC[C@@]1(CO)C[C@@H]2CC[C@H]1N2C(=O)c1ccc(-c2ccccc2OC)cc1. The van der Waals surface area contributed by atoms with Gasteiger partial charge in [0.15, 0.2) is 0 Å². The summed E-state index contributed by atoms with van der Waals surface area (Å²) in [6.07, 6.45) is 3.90. The highest BCUT2D eigenvalue weighted by Crippen LogP contribution is 2.51. The van der Waals surface area contributed by atoms with Gasteiger partial charge in [0.2, 0.25) is 0 Å². The fraction of sp³-hybridized carbons (Fsp3) is 0.435. The number of aliphatic hydroxyl groups is 1. The number of ether oxygens (including phenoxy) is 1. The number of aliphatic hydroxyl groups excluding tert-OH is 1. The van der Waals surface area contributed by atoms with Gasteiger partial charge in [-0.05, 0) is 49.4 Å². The third-order valence-electron chi connectivity index (χ3n) is 6.65. The Hall–Kier alpha value is -2.33. The summed E-state index contributed by atoms with van der Waals surface area (Å²) in [5.74, 6) is 0.919. The second kappa shape index (κ2) is 7.01. The Kier molecular flexibility index (Phi) is 4.68. The van der Waals surface area contributed by atoms with Crippen molar-refractivity contribution in [3.63, 3.8) is 0 Å². The van der Waals surface area contributed by atoms with Gasteiger partial charge in [0.25, 0.3) is 5.91 Å². The molecule has 27 heavy (non-hydrogen) atoms. The highest BCUT2D eigenvalue weighted by atomic mass is 16.5. The maximum Gasteiger partial charge on any atom is 0.254 e. The fourth-order valence-corrected chi connectivity index (χ4v) is 5.08. The number of methoxy groups -OCH3 is 1. The third kappa shape index (κ3) is 2.83. The van der Waals surface area contributed by atoms with Crippen molar-refractivity contribution < 1.29 is 14.6 Å². The molecule has 0 unspecified atom stereocenters. The van der Waals surface area contributed by atoms with Crippen LogP contribution in [-0.4, -0.2) is 41.7 Å².